The Balaban J connectivity index is 0.000000290. The van der Waals surface area contributed by atoms with Crippen LogP contribution in [0.2, 0.25) is 5.02 Å². The van der Waals surface area contributed by atoms with Crippen LogP contribution in [0, 0.1) is 5.92 Å². The molecule has 0 spiro atoms. The van der Waals surface area contributed by atoms with E-state index < -0.39 is 17.9 Å². The Kier molecular flexibility index (Phi) is 6.79. The Morgan fingerprint density at radius 3 is 2.28 bits per heavy atom. The first-order valence-electron chi connectivity index (χ1n) is 9.53. The third-order valence-electron chi connectivity index (χ3n) is 5.25. The number of hydrogen-bond acceptors (Lipinski definition) is 4. The molecule has 29 heavy (non-hydrogen) atoms. The van der Waals surface area contributed by atoms with Gasteiger partial charge < -0.3 is 10.6 Å². The van der Waals surface area contributed by atoms with E-state index in [-0.39, 0.29) is 18.4 Å². The van der Waals surface area contributed by atoms with E-state index in [1.165, 1.54) is 0 Å². The number of amides is 1. The monoisotopic (exact) mass is 429 g/mol. The van der Waals surface area contributed by atoms with Crippen molar-refractivity contribution in [3.8, 4) is 0 Å². The van der Waals surface area contributed by atoms with Crippen LogP contribution in [0.25, 0.3) is 0 Å². The molecule has 10 heteroatoms. The van der Waals surface area contributed by atoms with Crippen LogP contribution in [0.5, 0.6) is 0 Å². The average molecular weight is 430 g/mol. The predicted molar refractivity (Wildman–Crippen MR) is 102 cm³/mol. The van der Waals surface area contributed by atoms with Gasteiger partial charge in [0, 0.05) is 17.6 Å². The predicted octanol–water partition coefficient (Wildman–Crippen LogP) is 3.61. The van der Waals surface area contributed by atoms with Gasteiger partial charge in [-0.3, -0.25) is 4.79 Å². The normalized spacial score (nSPS) is 22.0. The maximum Gasteiger partial charge on any atom is 0.453 e. The summed E-state index contributed by atoms with van der Waals surface area (Å²) in [5.74, 6) is -1.42. The number of nitrogens with two attached hydrogens (primary N) is 1. The van der Waals surface area contributed by atoms with Crippen molar-refractivity contribution in [2.24, 2.45) is 11.7 Å². The molecule has 1 aliphatic heterocycles. The molecule has 1 aromatic heterocycles. The van der Waals surface area contributed by atoms with Crippen LogP contribution in [0.3, 0.4) is 0 Å². The third-order valence-corrected chi connectivity index (χ3v) is 5.51. The standard InChI is InChI=1S/C13H18F3N5O.C6H5Cl/c14-13(15,16)12-18-10-11(22)20(5-6-21(10)19-12)9-3-1-8(7-17)2-4-9;7-6-4-2-1-3-5-6/h8-9H,1-7,17H2;1-5H. The van der Waals surface area contributed by atoms with Crippen molar-refractivity contribution in [1.82, 2.24) is 19.7 Å². The van der Waals surface area contributed by atoms with Crippen molar-refractivity contribution in [2.45, 2.75) is 44.4 Å². The molecule has 2 heterocycles. The first-order valence-corrected chi connectivity index (χ1v) is 9.91. The molecule has 2 aromatic rings. The number of carbonyl (C=O) groups is 1. The Bertz CT molecular complexity index is 819. The van der Waals surface area contributed by atoms with Gasteiger partial charge in [-0.15, -0.1) is 5.10 Å². The molecular formula is C19H23ClF3N5O. The number of hydrogen-bond donors (Lipinski definition) is 1. The number of alkyl halides is 3. The van der Waals surface area contributed by atoms with E-state index in [0.29, 0.717) is 19.0 Å². The molecule has 0 bridgehead atoms. The van der Waals surface area contributed by atoms with Crippen molar-refractivity contribution in [2.75, 3.05) is 13.1 Å². The highest BCUT2D eigenvalue weighted by Gasteiger charge is 2.41. The number of aromatic nitrogens is 3. The van der Waals surface area contributed by atoms with Crippen LogP contribution < -0.4 is 5.73 Å². The summed E-state index contributed by atoms with van der Waals surface area (Å²) in [5.41, 5.74) is 5.65. The topological polar surface area (TPSA) is 77.0 Å². The molecule has 1 amide bonds. The second-order valence-electron chi connectivity index (χ2n) is 7.18. The third kappa shape index (κ3) is 5.27. The molecule has 1 aliphatic carbocycles. The number of halogens is 4. The van der Waals surface area contributed by atoms with Gasteiger partial charge in [-0.1, -0.05) is 29.8 Å². The zero-order valence-corrected chi connectivity index (χ0v) is 16.5. The zero-order chi connectivity index (χ0) is 21.0. The fourth-order valence-electron chi connectivity index (χ4n) is 3.66. The maximum absolute atomic E-state index is 12.7. The molecule has 4 rings (SSSR count). The van der Waals surface area contributed by atoms with E-state index in [0.717, 1.165) is 35.4 Å². The molecule has 0 unspecified atom stereocenters. The minimum Gasteiger partial charge on any atom is -0.331 e. The molecule has 1 fully saturated rings. The molecule has 6 nitrogen and oxygen atoms in total. The molecule has 2 N–H and O–H groups in total. The Morgan fingerprint density at radius 1 is 1.10 bits per heavy atom. The highest BCUT2D eigenvalue weighted by molar-refractivity contribution is 6.30. The van der Waals surface area contributed by atoms with E-state index in [2.05, 4.69) is 10.1 Å². The van der Waals surface area contributed by atoms with Crippen molar-refractivity contribution >= 4 is 17.5 Å². The van der Waals surface area contributed by atoms with Gasteiger partial charge in [0.2, 0.25) is 5.82 Å². The minimum atomic E-state index is -4.63. The minimum absolute atomic E-state index is 0.0649. The Morgan fingerprint density at radius 2 is 1.76 bits per heavy atom. The average Bonchev–Trinajstić information content (AvgIpc) is 3.16. The van der Waals surface area contributed by atoms with E-state index >= 15 is 0 Å². The fourth-order valence-corrected chi connectivity index (χ4v) is 3.81. The van der Waals surface area contributed by atoms with Crippen molar-refractivity contribution in [3.63, 3.8) is 0 Å². The summed E-state index contributed by atoms with van der Waals surface area (Å²) in [5, 5.41) is 4.19. The quantitative estimate of drug-likeness (QED) is 0.791. The lowest BCUT2D eigenvalue weighted by Gasteiger charge is -2.38. The second kappa shape index (κ2) is 9.13. The van der Waals surface area contributed by atoms with Crippen molar-refractivity contribution < 1.29 is 18.0 Å². The van der Waals surface area contributed by atoms with Gasteiger partial charge in [0.1, 0.15) is 0 Å². The van der Waals surface area contributed by atoms with Gasteiger partial charge in [0.25, 0.3) is 11.7 Å². The molecule has 158 valence electrons. The summed E-state index contributed by atoms with van der Waals surface area (Å²) in [6, 6.07) is 9.51. The summed E-state index contributed by atoms with van der Waals surface area (Å²) in [6.45, 7) is 1.27. The summed E-state index contributed by atoms with van der Waals surface area (Å²) in [7, 11) is 0. The first-order chi connectivity index (χ1) is 13.8. The van der Waals surface area contributed by atoms with E-state index in [9.17, 15) is 18.0 Å². The molecular weight excluding hydrogens is 407 g/mol. The lowest BCUT2D eigenvalue weighted by atomic mass is 9.85. The van der Waals surface area contributed by atoms with Crippen LogP contribution >= 0.6 is 11.6 Å². The van der Waals surface area contributed by atoms with E-state index in [1.54, 1.807) is 4.90 Å². The number of nitrogens with zero attached hydrogens (tertiary/aromatic N) is 4. The zero-order valence-electron chi connectivity index (χ0n) is 15.8. The number of carbonyl (C=O) groups excluding carboxylic acids is 1. The molecule has 0 atom stereocenters. The van der Waals surface area contributed by atoms with Crippen LogP contribution in [-0.2, 0) is 12.7 Å². The molecule has 1 aromatic carbocycles. The lowest BCUT2D eigenvalue weighted by Crippen LogP contribution is -2.48. The molecule has 1 saturated carbocycles. The van der Waals surface area contributed by atoms with Gasteiger partial charge in [-0.05, 0) is 50.3 Å². The molecule has 2 aliphatic rings. The Labute approximate surface area is 171 Å². The summed E-state index contributed by atoms with van der Waals surface area (Å²) in [4.78, 5) is 17.5. The SMILES string of the molecule is Clc1ccccc1.NCC1CCC(N2CCn3nc(C(F)(F)F)nc3C2=O)CC1. The van der Waals surface area contributed by atoms with Crippen molar-refractivity contribution in [3.05, 3.63) is 47.0 Å². The Hall–Kier alpha value is -2.13. The smallest absolute Gasteiger partial charge is 0.331 e. The number of benzene rings is 1. The van der Waals surface area contributed by atoms with E-state index in [4.69, 9.17) is 17.3 Å². The second-order valence-corrected chi connectivity index (χ2v) is 7.62. The van der Waals surface area contributed by atoms with E-state index in [1.807, 2.05) is 30.3 Å². The van der Waals surface area contributed by atoms with Gasteiger partial charge >= 0.3 is 6.18 Å². The van der Waals surface area contributed by atoms with Gasteiger partial charge in [-0.2, -0.15) is 18.2 Å². The van der Waals surface area contributed by atoms with Crippen LogP contribution in [0.1, 0.15) is 42.1 Å². The largest absolute Gasteiger partial charge is 0.453 e. The number of fused-ring (bicyclic) bond motifs is 1. The summed E-state index contributed by atoms with van der Waals surface area (Å²) in [6.07, 6.45) is -1.05. The van der Waals surface area contributed by atoms with Crippen LogP contribution in [0.4, 0.5) is 13.2 Å². The first kappa shape index (κ1) is 21.6. The number of rotatable bonds is 2. The van der Waals surface area contributed by atoms with Crippen LogP contribution in [-0.4, -0.2) is 44.7 Å². The van der Waals surface area contributed by atoms with Gasteiger partial charge in [0.05, 0.1) is 6.54 Å². The van der Waals surface area contributed by atoms with Gasteiger partial charge in [-0.25, -0.2) is 4.68 Å². The molecule has 0 radical (unpaired) electrons. The fraction of sp³-hybridized carbons (Fsp3) is 0.526. The summed E-state index contributed by atoms with van der Waals surface area (Å²) >= 11 is 5.54. The van der Waals surface area contributed by atoms with Crippen LogP contribution in [0.15, 0.2) is 30.3 Å². The van der Waals surface area contributed by atoms with Gasteiger partial charge in [0.15, 0.2) is 0 Å². The summed E-state index contributed by atoms with van der Waals surface area (Å²) < 4.78 is 39.0. The van der Waals surface area contributed by atoms with Crippen molar-refractivity contribution in [1.29, 1.82) is 0 Å². The maximum atomic E-state index is 12.7. The lowest BCUT2D eigenvalue weighted by molar-refractivity contribution is -0.145. The molecule has 0 saturated heterocycles. The highest BCUT2D eigenvalue weighted by atomic mass is 35.5. The highest BCUT2D eigenvalue weighted by Crippen LogP contribution is 2.30.